The Morgan fingerprint density at radius 3 is 2.79 bits per heavy atom. The van der Waals surface area contributed by atoms with Crippen molar-refractivity contribution in [3.05, 3.63) is 42.0 Å². The number of aryl methyl sites for hydroxylation is 1. The van der Waals surface area contributed by atoms with Crippen LogP contribution in [0.1, 0.15) is 32.3 Å². The Kier molecular flexibility index (Phi) is 5.93. The number of nitrogens with one attached hydrogen (secondary N) is 1. The van der Waals surface area contributed by atoms with Gasteiger partial charge in [-0.25, -0.2) is 19.2 Å². The number of hydrogen-bond donors (Lipinski definition) is 1. The molecule has 6 nitrogen and oxygen atoms in total. The highest BCUT2D eigenvalue weighted by atomic mass is 19.1. The zero-order chi connectivity index (χ0) is 20.3. The van der Waals surface area contributed by atoms with E-state index in [1.807, 2.05) is 6.92 Å². The summed E-state index contributed by atoms with van der Waals surface area (Å²) in [5.41, 5.74) is 1.08. The third kappa shape index (κ3) is 4.14. The summed E-state index contributed by atoms with van der Waals surface area (Å²) in [6.07, 6.45) is 5.02. The van der Waals surface area contributed by atoms with Crippen LogP contribution in [0, 0.1) is 18.7 Å². The lowest BCUT2D eigenvalue weighted by Crippen LogP contribution is -2.58. The van der Waals surface area contributed by atoms with Gasteiger partial charge in [-0.1, -0.05) is 6.92 Å². The molecular formula is C21H27FN4O2. The van der Waals surface area contributed by atoms with E-state index in [0.717, 1.165) is 12.8 Å². The fourth-order valence-electron chi connectivity index (χ4n) is 4.01. The van der Waals surface area contributed by atoms with Crippen LogP contribution in [-0.2, 0) is 4.74 Å². The van der Waals surface area contributed by atoms with Gasteiger partial charge in [0, 0.05) is 31.6 Å². The minimum absolute atomic E-state index is 0.122. The first kappa shape index (κ1) is 20.2. The van der Waals surface area contributed by atoms with Gasteiger partial charge in [0.15, 0.2) is 5.82 Å². The van der Waals surface area contributed by atoms with Crippen LogP contribution in [0.2, 0.25) is 0 Å². The first-order valence-electron chi connectivity index (χ1n) is 9.49. The molecular weight excluding hydrogens is 359 g/mol. The van der Waals surface area contributed by atoms with Crippen LogP contribution in [0.5, 0.6) is 0 Å². The van der Waals surface area contributed by atoms with Gasteiger partial charge in [0.2, 0.25) is 0 Å². The lowest BCUT2D eigenvalue weighted by molar-refractivity contribution is 0.00847. The molecule has 1 N–H and O–H groups in total. The van der Waals surface area contributed by atoms with Crippen molar-refractivity contribution in [2.45, 2.75) is 39.2 Å². The molecule has 1 aliphatic rings. The Morgan fingerprint density at radius 2 is 2.11 bits per heavy atom. The van der Waals surface area contributed by atoms with Crippen molar-refractivity contribution >= 4 is 11.7 Å². The molecule has 2 atom stereocenters. The Morgan fingerprint density at radius 1 is 1.39 bits per heavy atom. The molecule has 2 heterocycles. The van der Waals surface area contributed by atoms with E-state index in [1.165, 1.54) is 6.07 Å². The first-order chi connectivity index (χ1) is 13.3. The Balaban J connectivity index is 1.87. The van der Waals surface area contributed by atoms with Crippen LogP contribution in [0.15, 0.2) is 30.6 Å². The number of carbonyl (C=O) groups excluding carboxylic acids is 1. The minimum atomic E-state index is -0.482. The van der Waals surface area contributed by atoms with Crippen molar-refractivity contribution in [1.29, 1.82) is 0 Å². The van der Waals surface area contributed by atoms with Crippen molar-refractivity contribution < 1.29 is 13.9 Å². The molecule has 1 aliphatic heterocycles. The quantitative estimate of drug-likeness (QED) is 0.853. The Hall–Kier alpha value is -2.54. The van der Waals surface area contributed by atoms with E-state index < -0.39 is 11.4 Å². The number of piperidine rings is 1. The summed E-state index contributed by atoms with van der Waals surface area (Å²) in [6.45, 7) is 7.02. The number of amides is 2. The second-order valence-electron chi connectivity index (χ2n) is 7.83. The largest absolute Gasteiger partial charge is 0.382 e. The van der Waals surface area contributed by atoms with E-state index >= 15 is 0 Å². The predicted molar refractivity (Wildman–Crippen MR) is 107 cm³/mol. The van der Waals surface area contributed by atoms with Crippen molar-refractivity contribution in [2.75, 3.05) is 25.6 Å². The number of carbonyl (C=O) groups is 1. The van der Waals surface area contributed by atoms with Gasteiger partial charge in [-0.05, 0) is 56.4 Å². The van der Waals surface area contributed by atoms with Gasteiger partial charge in [-0.3, -0.25) is 0 Å². The predicted octanol–water partition coefficient (Wildman–Crippen LogP) is 4.26. The molecule has 0 bridgehead atoms. The monoisotopic (exact) mass is 386 g/mol. The van der Waals surface area contributed by atoms with Gasteiger partial charge >= 0.3 is 6.03 Å². The van der Waals surface area contributed by atoms with E-state index in [9.17, 15) is 9.18 Å². The summed E-state index contributed by atoms with van der Waals surface area (Å²) in [5.74, 6) is 0.512. The summed E-state index contributed by atoms with van der Waals surface area (Å²) < 4.78 is 19.9. The molecule has 1 saturated heterocycles. The molecule has 2 amide bonds. The molecule has 3 rings (SSSR count). The maximum atomic E-state index is 14.6. The van der Waals surface area contributed by atoms with Crippen molar-refractivity contribution in [3.63, 3.8) is 0 Å². The SMILES string of the molecule is COC[C@]1(C)C[C@H](C)CCN1C(=O)Nc1cc(-c2ncccn2)c(C)cc1F. The number of likely N-dealkylation sites (tertiary alicyclic amines) is 1. The molecule has 150 valence electrons. The number of halogens is 1. The fraction of sp³-hybridized carbons (Fsp3) is 0.476. The Labute approximate surface area is 165 Å². The van der Waals surface area contributed by atoms with Crippen molar-refractivity contribution in [3.8, 4) is 11.4 Å². The highest BCUT2D eigenvalue weighted by Crippen LogP contribution is 2.33. The maximum Gasteiger partial charge on any atom is 0.322 e. The lowest BCUT2D eigenvalue weighted by Gasteiger charge is -2.46. The number of ether oxygens (including phenoxy) is 1. The first-order valence-corrected chi connectivity index (χ1v) is 9.49. The summed E-state index contributed by atoms with van der Waals surface area (Å²) in [4.78, 5) is 23.2. The van der Waals surface area contributed by atoms with Crippen molar-refractivity contribution in [1.82, 2.24) is 14.9 Å². The molecule has 0 aliphatic carbocycles. The molecule has 28 heavy (non-hydrogen) atoms. The van der Waals surface area contributed by atoms with Crippen molar-refractivity contribution in [2.24, 2.45) is 5.92 Å². The van der Waals surface area contributed by atoms with Gasteiger partial charge < -0.3 is 15.0 Å². The molecule has 0 spiro atoms. The maximum absolute atomic E-state index is 14.6. The molecule has 1 aromatic carbocycles. The molecule has 0 saturated carbocycles. The standard InChI is InChI=1S/C21H27FN4O2/c1-14-6-9-26(21(3,12-14)13-28-4)20(27)25-18-11-16(15(2)10-17(18)22)19-23-7-5-8-24-19/h5,7-8,10-11,14H,6,9,12-13H2,1-4H3,(H,25,27)/t14-,21+/m1/s1. The van der Waals surface area contributed by atoms with E-state index in [1.54, 1.807) is 43.5 Å². The van der Waals surface area contributed by atoms with Gasteiger partial charge in [0.25, 0.3) is 0 Å². The fourth-order valence-corrected chi connectivity index (χ4v) is 4.01. The molecule has 1 aromatic heterocycles. The second kappa shape index (κ2) is 8.22. The number of methoxy groups -OCH3 is 1. The van der Waals surface area contributed by atoms with Gasteiger partial charge in [-0.15, -0.1) is 0 Å². The van der Waals surface area contributed by atoms with Gasteiger partial charge in [0.1, 0.15) is 5.82 Å². The van der Waals surface area contributed by atoms with Crippen LogP contribution in [0.3, 0.4) is 0 Å². The smallest absolute Gasteiger partial charge is 0.322 e. The van der Waals surface area contributed by atoms with E-state index in [2.05, 4.69) is 22.2 Å². The lowest BCUT2D eigenvalue weighted by atomic mass is 9.83. The summed E-state index contributed by atoms with van der Waals surface area (Å²) >= 11 is 0. The number of benzene rings is 1. The molecule has 0 radical (unpaired) electrons. The summed E-state index contributed by atoms with van der Waals surface area (Å²) in [6, 6.07) is 4.39. The Bertz CT molecular complexity index is 846. The van der Waals surface area contributed by atoms with Crippen LogP contribution in [-0.4, -0.2) is 46.7 Å². The number of urea groups is 1. The topological polar surface area (TPSA) is 67.3 Å². The summed E-state index contributed by atoms with van der Waals surface area (Å²) in [5, 5.41) is 2.75. The third-order valence-corrected chi connectivity index (χ3v) is 5.35. The molecule has 0 unspecified atom stereocenters. The van der Waals surface area contributed by atoms with Crippen LogP contribution < -0.4 is 5.32 Å². The zero-order valence-electron chi connectivity index (χ0n) is 16.8. The molecule has 7 heteroatoms. The van der Waals surface area contributed by atoms with E-state index in [-0.39, 0.29) is 11.7 Å². The molecule has 2 aromatic rings. The highest BCUT2D eigenvalue weighted by Gasteiger charge is 2.40. The highest BCUT2D eigenvalue weighted by molar-refractivity contribution is 5.91. The number of anilines is 1. The summed E-state index contributed by atoms with van der Waals surface area (Å²) in [7, 11) is 1.63. The zero-order valence-corrected chi connectivity index (χ0v) is 16.8. The van der Waals surface area contributed by atoms with Gasteiger partial charge in [-0.2, -0.15) is 0 Å². The van der Waals surface area contributed by atoms with E-state index in [0.29, 0.717) is 36.0 Å². The minimum Gasteiger partial charge on any atom is -0.382 e. The average molecular weight is 386 g/mol. The number of rotatable bonds is 4. The number of nitrogens with zero attached hydrogens (tertiary/aromatic N) is 3. The average Bonchev–Trinajstić information content (AvgIpc) is 2.64. The second-order valence-corrected chi connectivity index (χ2v) is 7.83. The van der Waals surface area contributed by atoms with Gasteiger partial charge in [0.05, 0.1) is 17.8 Å². The normalized spacial score (nSPS) is 22.2. The van der Waals surface area contributed by atoms with Crippen LogP contribution in [0.4, 0.5) is 14.9 Å². The molecule has 1 fully saturated rings. The van der Waals surface area contributed by atoms with Crippen LogP contribution >= 0.6 is 0 Å². The van der Waals surface area contributed by atoms with E-state index in [4.69, 9.17) is 4.74 Å². The number of hydrogen-bond acceptors (Lipinski definition) is 4. The van der Waals surface area contributed by atoms with Crippen LogP contribution in [0.25, 0.3) is 11.4 Å². The third-order valence-electron chi connectivity index (χ3n) is 5.35. The number of aromatic nitrogens is 2.